The van der Waals surface area contributed by atoms with Crippen molar-refractivity contribution < 1.29 is 23.4 Å². The minimum atomic E-state index is -1.39. The van der Waals surface area contributed by atoms with E-state index in [9.17, 15) is 18.7 Å². The number of methoxy groups -OCH3 is 1. The van der Waals surface area contributed by atoms with E-state index < -0.39 is 28.9 Å². The summed E-state index contributed by atoms with van der Waals surface area (Å²) >= 11 is 0. The van der Waals surface area contributed by atoms with E-state index in [0.717, 1.165) is 19.2 Å². The minimum Gasteiger partial charge on any atom is -0.491 e. The second kappa shape index (κ2) is 6.75. The zero-order valence-electron chi connectivity index (χ0n) is 12.8. The Morgan fingerprint density at radius 2 is 1.78 bits per heavy atom. The predicted molar refractivity (Wildman–Crippen MR) is 82.2 cm³/mol. The van der Waals surface area contributed by atoms with Crippen molar-refractivity contribution >= 4 is 11.6 Å². The number of halogens is 2. The quantitative estimate of drug-likeness (QED) is 0.889. The molecule has 0 aliphatic carbocycles. The van der Waals surface area contributed by atoms with Gasteiger partial charge in [-0.1, -0.05) is 30.3 Å². The number of nitrogens with one attached hydrogen (secondary N) is 1. The number of benzene rings is 2. The lowest BCUT2D eigenvalue weighted by atomic mass is 9.92. The Kier molecular flexibility index (Phi) is 4.95. The van der Waals surface area contributed by atoms with Crippen LogP contribution in [-0.2, 0) is 10.4 Å². The molecule has 2 N–H and O–H groups in total. The van der Waals surface area contributed by atoms with Gasteiger partial charge in [-0.3, -0.25) is 4.79 Å². The average Bonchev–Trinajstić information content (AvgIpc) is 2.47. The van der Waals surface area contributed by atoms with Gasteiger partial charge in [0.15, 0.2) is 17.4 Å². The topological polar surface area (TPSA) is 58.6 Å². The molecule has 1 atom stereocenters. The van der Waals surface area contributed by atoms with Crippen molar-refractivity contribution in [1.29, 1.82) is 0 Å². The number of aliphatic hydroxyl groups is 1. The molecule has 0 fully saturated rings. The lowest BCUT2D eigenvalue weighted by Crippen LogP contribution is -2.28. The van der Waals surface area contributed by atoms with Gasteiger partial charge in [0.05, 0.1) is 19.1 Å². The van der Waals surface area contributed by atoms with Gasteiger partial charge in [0, 0.05) is 17.8 Å². The Bertz CT molecular complexity index is 679. The second-order valence-electron chi connectivity index (χ2n) is 5.34. The number of rotatable bonds is 5. The highest BCUT2D eigenvalue weighted by molar-refractivity contribution is 5.91. The molecule has 0 aliphatic rings. The first-order chi connectivity index (χ1) is 10.8. The number of hydrogen-bond donors (Lipinski definition) is 2. The molecule has 0 heterocycles. The van der Waals surface area contributed by atoms with Gasteiger partial charge in [0.1, 0.15) is 0 Å². The molecule has 0 aromatic heterocycles. The summed E-state index contributed by atoms with van der Waals surface area (Å²) in [6, 6.07) is 10.6. The molecule has 2 aromatic carbocycles. The van der Waals surface area contributed by atoms with Crippen LogP contribution in [0.25, 0.3) is 0 Å². The smallest absolute Gasteiger partial charge is 0.227 e. The maximum absolute atomic E-state index is 13.6. The maximum atomic E-state index is 13.6. The predicted octanol–water partition coefficient (Wildman–Crippen LogP) is 3.21. The molecule has 2 aromatic rings. The molecule has 0 aliphatic heterocycles. The zero-order valence-corrected chi connectivity index (χ0v) is 12.8. The van der Waals surface area contributed by atoms with Crippen molar-refractivity contribution in [2.45, 2.75) is 18.9 Å². The third-order valence-electron chi connectivity index (χ3n) is 3.39. The molecule has 1 unspecified atom stereocenters. The largest absolute Gasteiger partial charge is 0.491 e. The molecule has 0 bridgehead atoms. The Hall–Kier alpha value is -2.47. The van der Waals surface area contributed by atoms with Crippen molar-refractivity contribution in [2.75, 3.05) is 12.4 Å². The lowest BCUT2D eigenvalue weighted by molar-refractivity contribution is -0.120. The van der Waals surface area contributed by atoms with E-state index >= 15 is 0 Å². The summed E-state index contributed by atoms with van der Waals surface area (Å²) in [4.78, 5) is 12.0. The summed E-state index contributed by atoms with van der Waals surface area (Å²) in [6.45, 7) is 1.50. The van der Waals surface area contributed by atoms with Gasteiger partial charge >= 0.3 is 0 Å². The summed E-state index contributed by atoms with van der Waals surface area (Å²) in [7, 11) is 1.15. The molecule has 0 saturated carbocycles. The molecule has 0 radical (unpaired) electrons. The van der Waals surface area contributed by atoms with Gasteiger partial charge in [-0.15, -0.1) is 0 Å². The van der Waals surface area contributed by atoms with E-state index in [-0.39, 0.29) is 12.1 Å². The Morgan fingerprint density at radius 1 is 1.22 bits per heavy atom. The van der Waals surface area contributed by atoms with E-state index in [0.29, 0.717) is 5.56 Å². The fraction of sp³-hybridized carbons (Fsp3) is 0.235. The van der Waals surface area contributed by atoms with Gasteiger partial charge in [0.2, 0.25) is 5.91 Å². The summed E-state index contributed by atoms with van der Waals surface area (Å²) in [5, 5.41) is 12.8. The van der Waals surface area contributed by atoms with Crippen LogP contribution in [-0.4, -0.2) is 18.1 Å². The van der Waals surface area contributed by atoms with Crippen LogP contribution in [0.3, 0.4) is 0 Å². The van der Waals surface area contributed by atoms with E-state index in [4.69, 9.17) is 0 Å². The molecule has 1 amide bonds. The molecule has 122 valence electrons. The van der Waals surface area contributed by atoms with Gasteiger partial charge in [-0.05, 0) is 12.5 Å². The van der Waals surface area contributed by atoms with E-state index in [1.807, 2.05) is 0 Å². The first-order valence-electron chi connectivity index (χ1n) is 6.94. The molecule has 2 rings (SSSR count). The second-order valence-corrected chi connectivity index (χ2v) is 5.34. The van der Waals surface area contributed by atoms with Crippen LogP contribution < -0.4 is 10.1 Å². The van der Waals surface area contributed by atoms with Gasteiger partial charge in [-0.25, -0.2) is 8.78 Å². The summed E-state index contributed by atoms with van der Waals surface area (Å²) < 4.78 is 31.8. The normalized spacial score (nSPS) is 13.3. The highest BCUT2D eigenvalue weighted by Gasteiger charge is 2.26. The average molecular weight is 321 g/mol. The first kappa shape index (κ1) is 16.9. The molecule has 0 saturated heterocycles. The number of ether oxygens (including phenoxy) is 1. The van der Waals surface area contributed by atoms with Crippen molar-refractivity contribution in [2.24, 2.45) is 0 Å². The van der Waals surface area contributed by atoms with Gasteiger partial charge in [0.25, 0.3) is 0 Å². The van der Waals surface area contributed by atoms with Crippen LogP contribution in [0.4, 0.5) is 14.5 Å². The number of amides is 1. The van der Waals surface area contributed by atoms with Crippen LogP contribution in [0.15, 0.2) is 42.5 Å². The zero-order chi connectivity index (χ0) is 17.0. The van der Waals surface area contributed by atoms with Crippen LogP contribution in [0.1, 0.15) is 18.9 Å². The number of anilines is 1. The standard InChI is InChI=1S/C17H17F2NO3/c1-17(22,11-6-4-3-5-7-11)10-15(21)20-12-8-13(18)16(23-2)14(19)9-12/h3-9,22H,10H2,1-2H3,(H,20,21). The van der Waals surface area contributed by atoms with Gasteiger partial charge < -0.3 is 15.2 Å². The lowest BCUT2D eigenvalue weighted by Gasteiger charge is -2.23. The Balaban J connectivity index is 2.11. The van der Waals surface area contributed by atoms with Crippen LogP contribution >= 0.6 is 0 Å². The van der Waals surface area contributed by atoms with Crippen molar-refractivity contribution in [3.8, 4) is 5.75 Å². The van der Waals surface area contributed by atoms with Crippen LogP contribution in [0.2, 0.25) is 0 Å². The molecular formula is C17H17F2NO3. The first-order valence-corrected chi connectivity index (χ1v) is 6.94. The van der Waals surface area contributed by atoms with Crippen molar-refractivity contribution in [3.63, 3.8) is 0 Å². The molecular weight excluding hydrogens is 304 g/mol. The van der Waals surface area contributed by atoms with Crippen LogP contribution in [0.5, 0.6) is 5.75 Å². The van der Waals surface area contributed by atoms with E-state index in [1.165, 1.54) is 6.92 Å². The molecule has 23 heavy (non-hydrogen) atoms. The third-order valence-corrected chi connectivity index (χ3v) is 3.39. The molecule has 0 spiro atoms. The SMILES string of the molecule is COc1c(F)cc(NC(=O)CC(C)(O)c2ccccc2)cc1F. The maximum Gasteiger partial charge on any atom is 0.227 e. The number of carbonyl (C=O) groups excluding carboxylic acids is 1. The molecule has 4 nitrogen and oxygen atoms in total. The van der Waals surface area contributed by atoms with Gasteiger partial charge in [-0.2, -0.15) is 0 Å². The Labute approximate surface area is 132 Å². The van der Waals surface area contributed by atoms with E-state index in [2.05, 4.69) is 10.1 Å². The van der Waals surface area contributed by atoms with Crippen molar-refractivity contribution in [3.05, 3.63) is 59.7 Å². The number of hydrogen-bond acceptors (Lipinski definition) is 3. The highest BCUT2D eigenvalue weighted by Crippen LogP contribution is 2.27. The third kappa shape index (κ3) is 4.04. The van der Waals surface area contributed by atoms with E-state index in [1.54, 1.807) is 30.3 Å². The van der Waals surface area contributed by atoms with Crippen molar-refractivity contribution in [1.82, 2.24) is 0 Å². The molecule has 6 heteroatoms. The summed E-state index contributed by atoms with van der Waals surface area (Å²) in [5.41, 5.74) is -0.869. The monoisotopic (exact) mass is 321 g/mol. The summed E-state index contributed by atoms with van der Waals surface area (Å²) in [5.74, 6) is -2.92. The fourth-order valence-electron chi connectivity index (χ4n) is 2.24. The minimum absolute atomic E-state index is 0.0466. The summed E-state index contributed by atoms with van der Waals surface area (Å²) in [6.07, 6.45) is -0.258. The fourth-order valence-corrected chi connectivity index (χ4v) is 2.24. The van der Waals surface area contributed by atoms with Crippen LogP contribution in [0, 0.1) is 11.6 Å². The number of carbonyl (C=O) groups is 1. The highest BCUT2D eigenvalue weighted by atomic mass is 19.1. The Morgan fingerprint density at radius 3 is 2.30 bits per heavy atom.